The molecule has 0 aliphatic carbocycles. The molecule has 1 rings (SSSR count). The van der Waals surface area contributed by atoms with E-state index < -0.39 is 24.0 Å². The van der Waals surface area contributed by atoms with Crippen molar-refractivity contribution in [1.82, 2.24) is 5.32 Å². The van der Waals surface area contributed by atoms with Gasteiger partial charge in [0.1, 0.15) is 5.75 Å². The first-order chi connectivity index (χ1) is 8.86. The van der Waals surface area contributed by atoms with E-state index in [1.807, 2.05) is 0 Å². The summed E-state index contributed by atoms with van der Waals surface area (Å²) in [7, 11) is 1.49. The maximum atomic E-state index is 11.9. The fraction of sp³-hybridized carbons (Fsp3) is 0.333. The molecule has 2 atom stereocenters. The number of ether oxygens (including phenoxy) is 1. The average Bonchev–Trinajstić information content (AvgIpc) is 2.34. The zero-order valence-electron chi connectivity index (χ0n) is 10.4. The lowest BCUT2D eigenvalue weighted by molar-refractivity contribution is -0.141. The van der Waals surface area contributed by atoms with Crippen LogP contribution in [0, 0.1) is 0 Å². The zero-order chi connectivity index (χ0) is 14.6. The van der Waals surface area contributed by atoms with Crippen LogP contribution in [0.2, 0.25) is 0 Å². The van der Waals surface area contributed by atoms with Gasteiger partial charge >= 0.3 is 5.97 Å². The van der Waals surface area contributed by atoms with E-state index in [9.17, 15) is 14.7 Å². The second kappa shape index (κ2) is 6.53. The number of methoxy groups -OCH3 is 1. The molecule has 19 heavy (non-hydrogen) atoms. The molecule has 0 unspecified atom stereocenters. The minimum atomic E-state index is -1.35. The summed E-state index contributed by atoms with van der Waals surface area (Å²) < 4.78 is 5.60. The Kier molecular flexibility index (Phi) is 5.31. The fourth-order valence-electron chi connectivity index (χ4n) is 1.42. The molecule has 0 aromatic heterocycles. The van der Waals surface area contributed by atoms with E-state index >= 15 is 0 Å². The number of aliphatic hydroxyl groups is 1. The van der Waals surface area contributed by atoms with Gasteiger partial charge < -0.3 is 20.3 Å². The number of rotatable bonds is 5. The molecule has 1 amide bonds. The molecular weight excluding hydrogens is 318 g/mol. The third kappa shape index (κ3) is 3.93. The Bertz CT molecular complexity index is 489. The number of nitrogens with one attached hydrogen (secondary N) is 1. The number of carbonyl (C=O) groups excluding carboxylic acids is 1. The maximum absolute atomic E-state index is 11.9. The van der Waals surface area contributed by atoms with Gasteiger partial charge in [-0.25, -0.2) is 4.79 Å². The third-order valence-corrected chi connectivity index (χ3v) is 3.07. The first kappa shape index (κ1) is 15.5. The number of halogens is 1. The number of carboxylic acids is 1. The van der Waals surface area contributed by atoms with E-state index in [1.54, 1.807) is 6.07 Å². The smallest absolute Gasteiger partial charge is 0.328 e. The van der Waals surface area contributed by atoms with Crippen LogP contribution in [-0.4, -0.2) is 41.3 Å². The molecule has 6 nitrogen and oxygen atoms in total. The van der Waals surface area contributed by atoms with Crippen LogP contribution in [0.4, 0.5) is 0 Å². The maximum Gasteiger partial charge on any atom is 0.328 e. The molecule has 0 spiro atoms. The largest absolute Gasteiger partial charge is 0.496 e. The van der Waals surface area contributed by atoms with Crippen molar-refractivity contribution in [2.45, 2.75) is 19.1 Å². The highest BCUT2D eigenvalue weighted by molar-refractivity contribution is 9.10. The summed E-state index contributed by atoms with van der Waals surface area (Å²) in [5, 5.41) is 20.4. The molecule has 7 heteroatoms. The van der Waals surface area contributed by atoms with Crippen molar-refractivity contribution >= 4 is 27.8 Å². The SMILES string of the molecule is COc1ccc(C(=O)N[C@H](C(=O)O)[C@@H](C)O)cc1Br. The van der Waals surface area contributed by atoms with Gasteiger partial charge in [0.25, 0.3) is 5.91 Å². The lowest BCUT2D eigenvalue weighted by Gasteiger charge is -2.17. The normalized spacial score (nSPS) is 13.5. The number of carbonyl (C=O) groups is 2. The first-order valence-electron chi connectivity index (χ1n) is 5.42. The van der Waals surface area contributed by atoms with Crippen molar-refractivity contribution in [3.05, 3.63) is 28.2 Å². The number of aliphatic hydroxyl groups excluding tert-OH is 1. The molecular formula is C12H14BrNO5. The van der Waals surface area contributed by atoms with Gasteiger partial charge in [0, 0.05) is 5.56 Å². The number of carboxylic acid groups (broad SMARTS) is 1. The average molecular weight is 332 g/mol. The first-order valence-corrected chi connectivity index (χ1v) is 6.21. The summed E-state index contributed by atoms with van der Waals surface area (Å²) in [6.45, 7) is 1.29. The van der Waals surface area contributed by atoms with Crippen LogP contribution in [0.25, 0.3) is 0 Å². The molecule has 0 bridgehead atoms. The second-order valence-electron chi connectivity index (χ2n) is 3.88. The standard InChI is InChI=1S/C12H14BrNO5/c1-6(15)10(12(17)18)14-11(16)7-3-4-9(19-2)8(13)5-7/h3-6,10,15H,1-2H3,(H,14,16)(H,17,18)/t6-,10+/m1/s1. The number of aliphatic carboxylic acids is 1. The van der Waals surface area contributed by atoms with Crippen molar-refractivity contribution in [1.29, 1.82) is 0 Å². The van der Waals surface area contributed by atoms with Gasteiger partial charge in [-0.1, -0.05) is 0 Å². The Hall–Kier alpha value is -1.60. The Morgan fingerprint density at radius 1 is 1.42 bits per heavy atom. The predicted molar refractivity (Wildman–Crippen MR) is 71.3 cm³/mol. The van der Waals surface area contributed by atoms with Gasteiger partial charge in [-0.3, -0.25) is 4.79 Å². The van der Waals surface area contributed by atoms with Crippen LogP contribution >= 0.6 is 15.9 Å². The Morgan fingerprint density at radius 2 is 2.05 bits per heavy atom. The summed E-state index contributed by atoms with van der Waals surface area (Å²) >= 11 is 3.23. The van der Waals surface area contributed by atoms with E-state index in [2.05, 4.69) is 21.2 Å². The summed E-state index contributed by atoms with van der Waals surface area (Å²) in [5.41, 5.74) is 0.263. The van der Waals surface area contributed by atoms with Crippen LogP contribution in [0.5, 0.6) is 5.75 Å². The molecule has 1 aromatic rings. The molecule has 1 aromatic carbocycles. The van der Waals surface area contributed by atoms with Gasteiger partial charge in [0.15, 0.2) is 6.04 Å². The van der Waals surface area contributed by atoms with Crippen molar-refractivity contribution in [2.24, 2.45) is 0 Å². The van der Waals surface area contributed by atoms with E-state index in [-0.39, 0.29) is 5.56 Å². The fourth-order valence-corrected chi connectivity index (χ4v) is 1.96. The summed E-state index contributed by atoms with van der Waals surface area (Å²) in [6.07, 6.45) is -1.19. The summed E-state index contributed by atoms with van der Waals surface area (Å²) in [5.74, 6) is -1.32. The molecule has 0 fully saturated rings. The highest BCUT2D eigenvalue weighted by Gasteiger charge is 2.25. The van der Waals surface area contributed by atoms with Crippen molar-refractivity contribution < 1.29 is 24.5 Å². The number of amides is 1. The molecule has 104 valence electrons. The van der Waals surface area contributed by atoms with Crippen molar-refractivity contribution in [3.63, 3.8) is 0 Å². The lowest BCUT2D eigenvalue weighted by atomic mass is 10.1. The van der Waals surface area contributed by atoms with Crippen LogP contribution in [0.1, 0.15) is 17.3 Å². The molecule has 0 heterocycles. The van der Waals surface area contributed by atoms with Crippen LogP contribution in [-0.2, 0) is 4.79 Å². The number of hydrogen-bond acceptors (Lipinski definition) is 4. The van der Waals surface area contributed by atoms with Crippen molar-refractivity contribution in [3.8, 4) is 5.75 Å². The Labute approximate surface area is 118 Å². The summed E-state index contributed by atoms with van der Waals surface area (Å²) in [4.78, 5) is 22.7. The van der Waals surface area contributed by atoms with Crippen LogP contribution < -0.4 is 10.1 Å². The van der Waals surface area contributed by atoms with E-state index in [1.165, 1.54) is 26.2 Å². The van der Waals surface area contributed by atoms with Gasteiger partial charge in [-0.2, -0.15) is 0 Å². The van der Waals surface area contributed by atoms with Gasteiger partial charge in [0.2, 0.25) is 0 Å². The predicted octanol–water partition coefficient (Wildman–Crippen LogP) is 1.02. The molecule has 3 N–H and O–H groups in total. The minimum Gasteiger partial charge on any atom is -0.496 e. The van der Waals surface area contributed by atoms with E-state index in [0.717, 1.165) is 0 Å². The lowest BCUT2D eigenvalue weighted by Crippen LogP contribution is -2.47. The van der Waals surface area contributed by atoms with E-state index in [0.29, 0.717) is 10.2 Å². The van der Waals surface area contributed by atoms with Crippen LogP contribution in [0.15, 0.2) is 22.7 Å². The molecule has 0 aliphatic heterocycles. The van der Waals surface area contributed by atoms with E-state index in [4.69, 9.17) is 9.84 Å². The minimum absolute atomic E-state index is 0.263. The quantitative estimate of drug-likeness (QED) is 0.748. The highest BCUT2D eigenvalue weighted by Crippen LogP contribution is 2.25. The number of hydrogen-bond donors (Lipinski definition) is 3. The van der Waals surface area contributed by atoms with Crippen molar-refractivity contribution in [2.75, 3.05) is 7.11 Å². The molecule has 0 radical (unpaired) electrons. The summed E-state index contributed by atoms with van der Waals surface area (Å²) in [6, 6.07) is 3.24. The molecule has 0 saturated carbocycles. The second-order valence-corrected chi connectivity index (χ2v) is 4.73. The Balaban J connectivity index is 2.89. The van der Waals surface area contributed by atoms with Crippen LogP contribution in [0.3, 0.4) is 0 Å². The monoisotopic (exact) mass is 331 g/mol. The highest BCUT2D eigenvalue weighted by atomic mass is 79.9. The third-order valence-electron chi connectivity index (χ3n) is 2.45. The zero-order valence-corrected chi connectivity index (χ0v) is 12.0. The van der Waals surface area contributed by atoms with Gasteiger partial charge in [0.05, 0.1) is 17.7 Å². The topological polar surface area (TPSA) is 95.9 Å². The Morgan fingerprint density at radius 3 is 2.47 bits per heavy atom. The number of benzene rings is 1. The van der Waals surface area contributed by atoms with Gasteiger partial charge in [-0.05, 0) is 41.1 Å². The molecule has 0 aliphatic rings. The molecule has 0 saturated heterocycles. The van der Waals surface area contributed by atoms with Gasteiger partial charge in [-0.15, -0.1) is 0 Å².